The number of ether oxygens (including phenoxy) is 2. The summed E-state index contributed by atoms with van der Waals surface area (Å²) in [4.78, 5) is 37.6. The van der Waals surface area contributed by atoms with Crippen LogP contribution in [0.5, 0.6) is 11.5 Å². The molecule has 1 aromatic carbocycles. The highest BCUT2D eigenvalue weighted by Gasteiger charge is 2.33. The van der Waals surface area contributed by atoms with Crippen molar-refractivity contribution in [2.24, 2.45) is 11.7 Å². The second kappa shape index (κ2) is 11.4. The van der Waals surface area contributed by atoms with Gasteiger partial charge in [-0.25, -0.2) is 0 Å². The Bertz CT molecular complexity index is 745. The lowest BCUT2D eigenvalue weighted by atomic mass is 9.96. The Morgan fingerprint density at radius 3 is 2.69 bits per heavy atom. The maximum atomic E-state index is 13.0. The molecule has 3 N–H and O–H groups in total. The van der Waals surface area contributed by atoms with Crippen molar-refractivity contribution in [2.45, 2.75) is 19.8 Å². The van der Waals surface area contributed by atoms with Gasteiger partial charge in [0.15, 0.2) is 11.5 Å². The number of carbonyl (C=O) groups is 2. The van der Waals surface area contributed by atoms with Gasteiger partial charge in [0.25, 0.3) is 11.6 Å². The summed E-state index contributed by atoms with van der Waals surface area (Å²) in [5.74, 6) is -0.602. The summed E-state index contributed by atoms with van der Waals surface area (Å²) in [5.41, 5.74) is 4.95. The number of rotatable bonds is 8. The lowest BCUT2D eigenvalue weighted by Crippen LogP contribution is -2.46. The van der Waals surface area contributed by atoms with E-state index in [1.807, 2.05) is 0 Å². The molecule has 1 aliphatic heterocycles. The van der Waals surface area contributed by atoms with Gasteiger partial charge >= 0.3 is 0 Å². The Morgan fingerprint density at radius 1 is 1.38 bits per heavy atom. The Morgan fingerprint density at radius 2 is 2.10 bits per heavy atom. The molecule has 0 saturated carbocycles. The monoisotopic (exact) mass is 430 g/mol. The number of halogens is 1. The molecule has 1 unspecified atom stereocenters. The summed E-state index contributed by atoms with van der Waals surface area (Å²) >= 11 is 0. The van der Waals surface area contributed by atoms with Gasteiger partial charge in [-0.05, 0) is 19.8 Å². The number of nitro benzene ring substituents is 1. The van der Waals surface area contributed by atoms with Crippen molar-refractivity contribution in [3.05, 3.63) is 27.8 Å². The fourth-order valence-corrected chi connectivity index (χ4v) is 3.19. The molecule has 29 heavy (non-hydrogen) atoms. The van der Waals surface area contributed by atoms with Crippen molar-refractivity contribution in [2.75, 3.05) is 39.9 Å². The first-order chi connectivity index (χ1) is 13.4. The molecule has 1 saturated heterocycles. The fraction of sp³-hybridized carbons (Fsp3) is 0.556. The number of hydrogen-bond donors (Lipinski definition) is 2. The molecule has 1 aliphatic rings. The predicted molar refractivity (Wildman–Crippen MR) is 109 cm³/mol. The molecule has 1 aromatic rings. The number of nitrogens with two attached hydrogens (primary N) is 1. The smallest absolute Gasteiger partial charge is 0.286 e. The van der Waals surface area contributed by atoms with Crippen LogP contribution in [0.3, 0.4) is 0 Å². The van der Waals surface area contributed by atoms with E-state index in [1.54, 1.807) is 6.92 Å². The first-order valence-corrected chi connectivity index (χ1v) is 9.19. The van der Waals surface area contributed by atoms with E-state index in [4.69, 9.17) is 15.2 Å². The van der Waals surface area contributed by atoms with Gasteiger partial charge in [-0.3, -0.25) is 19.7 Å². The van der Waals surface area contributed by atoms with E-state index >= 15 is 0 Å². The maximum Gasteiger partial charge on any atom is 0.286 e. The van der Waals surface area contributed by atoms with Crippen LogP contribution in [0, 0.1) is 16.0 Å². The summed E-state index contributed by atoms with van der Waals surface area (Å²) in [6.07, 6.45) is 1.28. The molecule has 0 aromatic heterocycles. The molecular weight excluding hydrogens is 404 g/mol. The zero-order valence-corrected chi connectivity index (χ0v) is 17.3. The summed E-state index contributed by atoms with van der Waals surface area (Å²) in [5, 5.41) is 14.2. The molecule has 1 atom stereocenters. The second-order valence-electron chi connectivity index (χ2n) is 6.38. The van der Waals surface area contributed by atoms with Crippen molar-refractivity contribution in [3.63, 3.8) is 0 Å². The number of nitrogens with zero attached hydrogens (tertiary/aromatic N) is 2. The third-order valence-corrected chi connectivity index (χ3v) is 4.53. The van der Waals surface area contributed by atoms with Crippen LogP contribution < -0.4 is 20.5 Å². The summed E-state index contributed by atoms with van der Waals surface area (Å²) in [6, 6.07) is 2.52. The largest absolute Gasteiger partial charge is 0.493 e. The molecular formula is C18H27ClN4O6. The van der Waals surface area contributed by atoms with E-state index in [0.717, 1.165) is 0 Å². The van der Waals surface area contributed by atoms with Crippen LogP contribution >= 0.6 is 12.4 Å². The minimum absolute atomic E-state index is 0. The molecule has 1 fully saturated rings. The fourth-order valence-electron chi connectivity index (χ4n) is 3.19. The van der Waals surface area contributed by atoms with Crippen molar-refractivity contribution < 1.29 is 24.0 Å². The maximum absolute atomic E-state index is 13.0. The Kier molecular flexibility index (Phi) is 9.63. The number of nitrogens with one attached hydrogen (secondary N) is 1. The minimum Gasteiger partial charge on any atom is -0.493 e. The van der Waals surface area contributed by atoms with E-state index in [2.05, 4.69) is 5.32 Å². The summed E-state index contributed by atoms with van der Waals surface area (Å²) in [6.45, 7) is 3.36. The van der Waals surface area contributed by atoms with Gasteiger partial charge in [0.05, 0.1) is 30.6 Å². The molecule has 0 bridgehead atoms. The van der Waals surface area contributed by atoms with Crippen molar-refractivity contribution in [1.82, 2.24) is 10.2 Å². The average molecular weight is 431 g/mol. The number of piperidine rings is 1. The van der Waals surface area contributed by atoms with E-state index in [0.29, 0.717) is 39.1 Å². The lowest BCUT2D eigenvalue weighted by molar-refractivity contribution is -0.385. The topological polar surface area (TPSA) is 137 Å². The van der Waals surface area contributed by atoms with Crippen molar-refractivity contribution in [3.8, 4) is 11.5 Å². The number of likely N-dealkylation sites (tertiary alicyclic amines) is 1. The van der Waals surface area contributed by atoms with Crippen LogP contribution in [0.15, 0.2) is 12.1 Å². The van der Waals surface area contributed by atoms with Gasteiger partial charge in [0.2, 0.25) is 5.91 Å². The number of hydrogen-bond acceptors (Lipinski definition) is 7. The molecule has 162 valence electrons. The first kappa shape index (κ1) is 24.4. The molecule has 1 heterocycles. The predicted octanol–water partition coefficient (Wildman–Crippen LogP) is 1.35. The average Bonchev–Trinajstić information content (AvgIpc) is 2.71. The number of methoxy groups -OCH3 is 1. The lowest BCUT2D eigenvalue weighted by Gasteiger charge is -2.32. The molecule has 11 heteroatoms. The minimum atomic E-state index is -0.620. The third-order valence-electron chi connectivity index (χ3n) is 4.53. The zero-order valence-electron chi connectivity index (χ0n) is 16.5. The molecule has 0 radical (unpaired) electrons. The van der Waals surface area contributed by atoms with Crippen LogP contribution in [0.2, 0.25) is 0 Å². The SMILES string of the molecule is CCOc1cc([N+](=O)[O-])c(C(=O)N2CCCC(C(=O)NCCN)C2)cc1OC.Cl. The third kappa shape index (κ3) is 5.94. The molecule has 2 rings (SSSR count). The van der Waals surface area contributed by atoms with Gasteiger partial charge in [0, 0.05) is 32.2 Å². The number of carbonyl (C=O) groups excluding carboxylic acids is 2. The van der Waals surface area contributed by atoms with Gasteiger partial charge in [0.1, 0.15) is 5.56 Å². The highest BCUT2D eigenvalue weighted by molar-refractivity contribution is 5.99. The van der Waals surface area contributed by atoms with Crippen LogP contribution in [0.25, 0.3) is 0 Å². The molecule has 0 spiro atoms. The first-order valence-electron chi connectivity index (χ1n) is 9.19. The highest BCUT2D eigenvalue weighted by atomic mass is 35.5. The number of benzene rings is 1. The van der Waals surface area contributed by atoms with E-state index in [-0.39, 0.29) is 53.5 Å². The van der Waals surface area contributed by atoms with Crippen LogP contribution in [-0.2, 0) is 4.79 Å². The Balaban J connectivity index is 0.00000420. The number of nitro groups is 1. The standard InChI is InChI=1S/C18H26N4O6.ClH/c1-3-28-16-10-14(22(25)26)13(9-15(16)27-2)18(24)21-8-4-5-12(11-21)17(23)20-7-6-19;/h9-10,12H,3-8,11,19H2,1-2H3,(H,20,23);1H. The molecule has 10 nitrogen and oxygen atoms in total. The van der Waals surface area contributed by atoms with Crippen LogP contribution in [0.4, 0.5) is 5.69 Å². The van der Waals surface area contributed by atoms with Gasteiger partial charge < -0.3 is 25.4 Å². The van der Waals surface area contributed by atoms with Gasteiger partial charge in [-0.15, -0.1) is 12.4 Å². The summed E-state index contributed by atoms with van der Waals surface area (Å²) < 4.78 is 10.6. The molecule has 2 amide bonds. The summed E-state index contributed by atoms with van der Waals surface area (Å²) in [7, 11) is 1.40. The molecule has 0 aliphatic carbocycles. The van der Waals surface area contributed by atoms with Crippen molar-refractivity contribution >= 4 is 29.9 Å². The normalized spacial score (nSPS) is 15.8. The second-order valence-corrected chi connectivity index (χ2v) is 6.38. The van der Waals surface area contributed by atoms with Crippen LogP contribution in [-0.4, -0.2) is 61.5 Å². The van der Waals surface area contributed by atoms with Gasteiger partial charge in [-0.2, -0.15) is 0 Å². The van der Waals surface area contributed by atoms with E-state index in [9.17, 15) is 19.7 Å². The quantitative estimate of drug-likeness (QED) is 0.469. The van der Waals surface area contributed by atoms with E-state index in [1.165, 1.54) is 24.1 Å². The highest BCUT2D eigenvalue weighted by Crippen LogP contribution is 2.36. The van der Waals surface area contributed by atoms with Crippen LogP contribution in [0.1, 0.15) is 30.1 Å². The van der Waals surface area contributed by atoms with Crippen molar-refractivity contribution in [1.29, 1.82) is 0 Å². The van der Waals surface area contributed by atoms with E-state index < -0.39 is 10.8 Å². The van der Waals surface area contributed by atoms with Gasteiger partial charge in [-0.1, -0.05) is 0 Å². The Labute approximate surface area is 175 Å². The Hall–Kier alpha value is -2.59. The zero-order chi connectivity index (χ0) is 20.7. The number of amides is 2.